The third-order valence-corrected chi connectivity index (χ3v) is 8.69. The molecule has 2 amide bonds. The Bertz CT molecular complexity index is 1430. The molecule has 220 valence electrons. The molecule has 41 heavy (non-hydrogen) atoms. The minimum Gasteiger partial charge on any atom is -0.444 e. The molecule has 0 saturated carbocycles. The second kappa shape index (κ2) is 11.7. The third-order valence-electron chi connectivity index (χ3n) is 8.13. The molecular weight excluding hydrogens is 561 g/mol. The van der Waals surface area contributed by atoms with Crippen LogP contribution >= 0.6 is 23.2 Å². The monoisotopic (exact) mass is 599 g/mol. The summed E-state index contributed by atoms with van der Waals surface area (Å²) >= 11 is 12.6. The van der Waals surface area contributed by atoms with E-state index < -0.39 is 17.7 Å². The fourth-order valence-corrected chi connectivity index (χ4v) is 6.55. The first-order valence-electron chi connectivity index (χ1n) is 14.4. The lowest BCUT2D eigenvalue weighted by molar-refractivity contribution is -0.138. The van der Waals surface area contributed by atoms with Gasteiger partial charge in [0.1, 0.15) is 11.6 Å². The van der Waals surface area contributed by atoms with Gasteiger partial charge >= 0.3 is 6.09 Å². The predicted octanol–water partition coefficient (Wildman–Crippen LogP) is 6.78. The minimum atomic E-state index is -0.597. The molecule has 1 aromatic heterocycles. The zero-order valence-electron chi connectivity index (χ0n) is 24.4. The van der Waals surface area contributed by atoms with E-state index in [1.54, 1.807) is 11.0 Å². The van der Waals surface area contributed by atoms with E-state index in [-0.39, 0.29) is 18.0 Å². The first-order valence-corrected chi connectivity index (χ1v) is 15.2. The highest BCUT2D eigenvalue weighted by molar-refractivity contribution is 6.35. The van der Waals surface area contributed by atoms with Crippen LogP contribution in [0.4, 0.5) is 10.5 Å². The van der Waals surface area contributed by atoms with Crippen molar-refractivity contribution >= 4 is 51.8 Å². The van der Waals surface area contributed by atoms with Gasteiger partial charge in [0.2, 0.25) is 5.91 Å². The van der Waals surface area contributed by atoms with Crippen molar-refractivity contribution in [1.82, 2.24) is 19.6 Å². The second-order valence-corrected chi connectivity index (χ2v) is 12.9. The molecule has 2 aromatic carbocycles. The van der Waals surface area contributed by atoms with Gasteiger partial charge in [0, 0.05) is 53.3 Å². The molecule has 3 aromatic rings. The summed E-state index contributed by atoms with van der Waals surface area (Å²) in [6, 6.07) is 11.5. The van der Waals surface area contributed by atoms with Crippen molar-refractivity contribution in [1.29, 1.82) is 0 Å². The lowest BCUT2D eigenvalue weighted by Gasteiger charge is -2.44. The highest BCUT2D eigenvalue weighted by atomic mass is 35.5. The minimum absolute atomic E-state index is 0.0297. The number of carbonyl (C=O) groups is 2. The Morgan fingerprint density at radius 2 is 1.85 bits per heavy atom. The van der Waals surface area contributed by atoms with Crippen molar-refractivity contribution < 1.29 is 14.3 Å². The molecule has 10 heteroatoms. The summed E-state index contributed by atoms with van der Waals surface area (Å²) in [4.78, 5) is 32.5. The van der Waals surface area contributed by atoms with E-state index in [0.29, 0.717) is 36.1 Å². The number of hydrogen-bond acceptors (Lipinski definition) is 5. The average molecular weight is 601 g/mol. The number of anilines is 1. The Morgan fingerprint density at radius 3 is 2.56 bits per heavy atom. The topological polar surface area (TPSA) is 70.9 Å². The number of halogens is 2. The van der Waals surface area contributed by atoms with E-state index in [1.165, 1.54) is 0 Å². The van der Waals surface area contributed by atoms with Gasteiger partial charge in [-0.2, -0.15) is 5.10 Å². The second-order valence-electron chi connectivity index (χ2n) is 12.0. The molecule has 0 unspecified atom stereocenters. The summed E-state index contributed by atoms with van der Waals surface area (Å²) < 4.78 is 7.60. The molecule has 0 aliphatic carbocycles. The van der Waals surface area contributed by atoms with Gasteiger partial charge in [0.05, 0.1) is 17.8 Å². The largest absolute Gasteiger partial charge is 0.444 e. The summed E-state index contributed by atoms with van der Waals surface area (Å²) in [5, 5.41) is 6.96. The van der Waals surface area contributed by atoms with E-state index in [4.69, 9.17) is 27.9 Å². The maximum absolute atomic E-state index is 13.8. The molecule has 3 heterocycles. The lowest BCUT2D eigenvalue weighted by atomic mass is 10.0. The van der Waals surface area contributed by atoms with Crippen LogP contribution in [0.3, 0.4) is 0 Å². The number of fused-ring (bicyclic) bond motifs is 1. The van der Waals surface area contributed by atoms with Crippen LogP contribution in [0.5, 0.6) is 0 Å². The summed E-state index contributed by atoms with van der Waals surface area (Å²) in [5.74, 6) is 0.0297. The number of amides is 2. The van der Waals surface area contributed by atoms with Crippen LogP contribution in [-0.4, -0.2) is 75.4 Å². The Morgan fingerprint density at radius 1 is 1.07 bits per heavy atom. The van der Waals surface area contributed by atoms with Crippen molar-refractivity contribution in [3.63, 3.8) is 0 Å². The molecule has 2 aliphatic heterocycles. The van der Waals surface area contributed by atoms with Crippen molar-refractivity contribution in [2.45, 2.75) is 77.6 Å². The molecule has 2 fully saturated rings. The van der Waals surface area contributed by atoms with Crippen molar-refractivity contribution in [3.8, 4) is 0 Å². The average Bonchev–Trinajstić information content (AvgIpc) is 3.58. The fraction of sp³-hybridized carbons (Fsp3) is 0.516. The van der Waals surface area contributed by atoms with Crippen LogP contribution < -0.4 is 4.90 Å². The highest BCUT2D eigenvalue weighted by Crippen LogP contribution is 2.33. The van der Waals surface area contributed by atoms with Gasteiger partial charge < -0.3 is 14.5 Å². The fourth-order valence-electron chi connectivity index (χ4n) is 5.99. The van der Waals surface area contributed by atoms with Gasteiger partial charge in [-0.25, -0.2) is 4.79 Å². The van der Waals surface area contributed by atoms with Crippen LogP contribution in [0.15, 0.2) is 42.6 Å². The number of ether oxygens (including phenoxy) is 1. The predicted molar refractivity (Wildman–Crippen MR) is 164 cm³/mol. The van der Waals surface area contributed by atoms with E-state index in [1.807, 2.05) is 48.7 Å². The Hall–Kier alpha value is -2.97. The van der Waals surface area contributed by atoms with Crippen LogP contribution in [0.2, 0.25) is 10.0 Å². The summed E-state index contributed by atoms with van der Waals surface area (Å²) in [6.45, 7) is 12.3. The van der Waals surface area contributed by atoms with Crippen molar-refractivity contribution in [2.75, 3.05) is 31.1 Å². The first-order chi connectivity index (χ1) is 19.5. The molecule has 8 nitrogen and oxygen atoms in total. The molecule has 0 radical (unpaired) electrons. The normalized spacial score (nSPS) is 20.5. The van der Waals surface area contributed by atoms with E-state index >= 15 is 0 Å². The third kappa shape index (κ3) is 6.14. The Balaban J connectivity index is 1.33. The van der Waals surface area contributed by atoms with Gasteiger partial charge in [-0.1, -0.05) is 36.2 Å². The lowest BCUT2D eigenvalue weighted by Crippen LogP contribution is -2.59. The van der Waals surface area contributed by atoms with E-state index in [2.05, 4.69) is 42.0 Å². The molecule has 5 rings (SSSR count). The number of piperazine rings is 1. The zero-order chi connectivity index (χ0) is 29.5. The van der Waals surface area contributed by atoms with E-state index in [9.17, 15) is 9.59 Å². The molecular formula is C31H39Cl2N5O3. The zero-order valence-corrected chi connectivity index (χ0v) is 26.0. The Labute approximate surface area is 252 Å². The standard InChI is InChI=1S/C31H39Cl2N5O3/c1-6-23-19-35(14-15-36(23)29(39)27-8-7-13-37(27)30(40)41-31(3,4)5)24-11-9-21-18-34-38(28(21)17-24)20(2)25-12-10-22(32)16-26(25)33/h9-12,16-18,20,23,27H,6-8,13-15,19H2,1-5H3/t20-,23-,27-/m1/s1. The van der Waals surface area contributed by atoms with Crippen LogP contribution in [0, 0.1) is 0 Å². The number of nitrogens with zero attached hydrogens (tertiary/aromatic N) is 5. The number of hydrogen-bond donors (Lipinski definition) is 0. The van der Waals surface area contributed by atoms with Gasteiger partial charge in [-0.15, -0.1) is 0 Å². The first kappa shape index (κ1) is 29.5. The number of likely N-dealkylation sites (tertiary alicyclic amines) is 1. The number of benzene rings is 2. The summed E-state index contributed by atoms with van der Waals surface area (Å²) in [5.41, 5.74) is 2.47. The van der Waals surface area contributed by atoms with Gasteiger partial charge in [-0.05, 0) is 82.9 Å². The van der Waals surface area contributed by atoms with Gasteiger partial charge in [-0.3, -0.25) is 14.4 Å². The maximum atomic E-state index is 13.8. The molecule has 0 N–H and O–H groups in total. The van der Waals surface area contributed by atoms with Gasteiger partial charge in [0.15, 0.2) is 0 Å². The molecule has 3 atom stereocenters. The van der Waals surface area contributed by atoms with E-state index in [0.717, 1.165) is 41.5 Å². The molecule has 2 aliphatic rings. The Kier molecular flexibility index (Phi) is 8.44. The molecule has 0 spiro atoms. The number of carbonyl (C=O) groups excluding carboxylic acids is 2. The molecule has 0 bridgehead atoms. The number of aromatic nitrogens is 2. The maximum Gasteiger partial charge on any atom is 0.410 e. The number of rotatable bonds is 5. The highest BCUT2D eigenvalue weighted by Gasteiger charge is 2.41. The quantitative estimate of drug-likeness (QED) is 0.323. The van der Waals surface area contributed by atoms with Crippen molar-refractivity contribution in [2.24, 2.45) is 0 Å². The van der Waals surface area contributed by atoms with Gasteiger partial charge in [0.25, 0.3) is 0 Å². The smallest absolute Gasteiger partial charge is 0.410 e. The summed E-state index contributed by atoms with van der Waals surface area (Å²) in [6.07, 6.45) is 3.78. The molecule has 2 saturated heterocycles. The van der Waals surface area contributed by atoms with Crippen LogP contribution in [0.1, 0.15) is 65.5 Å². The van der Waals surface area contributed by atoms with Crippen LogP contribution in [0.25, 0.3) is 10.9 Å². The van der Waals surface area contributed by atoms with Crippen LogP contribution in [-0.2, 0) is 9.53 Å². The summed E-state index contributed by atoms with van der Waals surface area (Å²) in [7, 11) is 0. The van der Waals surface area contributed by atoms with Crippen molar-refractivity contribution in [3.05, 3.63) is 58.2 Å². The SMILES string of the molecule is CC[C@@H]1CN(c2ccc3cnn([C@H](C)c4ccc(Cl)cc4Cl)c3c2)CCN1C(=O)[C@H]1CCCN1C(=O)OC(C)(C)C.